The summed E-state index contributed by atoms with van der Waals surface area (Å²) in [5, 5.41) is 12.9. The minimum Gasteiger partial charge on any atom is -0.325 e. The van der Waals surface area contributed by atoms with Crippen LogP contribution in [-0.2, 0) is 4.79 Å². The number of carbonyl (C=O) groups excluding carboxylic acids is 1. The highest BCUT2D eigenvalue weighted by molar-refractivity contribution is 7.99. The van der Waals surface area contributed by atoms with Crippen LogP contribution >= 0.6 is 23.4 Å². The number of thioether (sulfide) groups is 1. The van der Waals surface area contributed by atoms with Crippen LogP contribution in [0.5, 0.6) is 0 Å². The van der Waals surface area contributed by atoms with Crippen molar-refractivity contribution in [1.82, 2.24) is 14.8 Å². The summed E-state index contributed by atoms with van der Waals surface area (Å²) in [5.74, 6) is 0.789. The summed E-state index contributed by atoms with van der Waals surface area (Å²) in [7, 11) is 0. The van der Waals surface area contributed by atoms with E-state index >= 15 is 0 Å². The predicted octanol–water partition coefficient (Wildman–Crippen LogP) is 5.94. The standard InChI is InChI=1S/C24H21ClN4OS/c1-16-6-10-20(11-7-16)26-22(30)15-31-24-28-27-23(18-4-3-5-19(25)14-18)29(24)21-12-8-17(2)9-13-21/h3-14H,15H2,1-2H3,(H,26,30). The lowest BCUT2D eigenvalue weighted by molar-refractivity contribution is -0.113. The van der Waals surface area contributed by atoms with Crippen LogP contribution in [0.2, 0.25) is 5.02 Å². The Hall–Kier alpha value is -3.09. The maximum Gasteiger partial charge on any atom is 0.234 e. The molecule has 7 heteroatoms. The van der Waals surface area contributed by atoms with E-state index in [1.165, 1.54) is 11.8 Å². The van der Waals surface area contributed by atoms with Gasteiger partial charge in [-0.15, -0.1) is 10.2 Å². The third kappa shape index (κ3) is 5.16. The Kier molecular flexibility index (Phi) is 6.39. The van der Waals surface area contributed by atoms with Gasteiger partial charge in [0.05, 0.1) is 5.75 Å². The number of rotatable bonds is 6. The van der Waals surface area contributed by atoms with Gasteiger partial charge < -0.3 is 5.32 Å². The number of amides is 1. The topological polar surface area (TPSA) is 59.8 Å². The SMILES string of the molecule is Cc1ccc(NC(=O)CSc2nnc(-c3cccc(Cl)c3)n2-c2ccc(C)cc2)cc1. The van der Waals surface area contributed by atoms with Gasteiger partial charge in [-0.05, 0) is 50.2 Å². The third-order valence-electron chi connectivity index (χ3n) is 4.68. The summed E-state index contributed by atoms with van der Waals surface area (Å²) in [6.07, 6.45) is 0. The van der Waals surface area contributed by atoms with Crippen molar-refractivity contribution in [3.05, 3.63) is 88.9 Å². The Morgan fingerprint density at radius 2 is 1.65 bits per heavy atom. The van der Waals surface area contributed by atoms with Crippen molar-refractivity contribution in [3.63, 3.8) is 0 Å². The number of benzene rings is 3. The van der Waals surface area contributed by atoms with Crippen LogP contribution in [0, 0.1) is 13.8 Å². The average Bonchev–Trinajstić information content (AvgIpc) is 3.18. The van der Waals surface area contributed by atoms with E-state index < -0.39 is 0 Å². The zero-order chi connectivity index (χ0) is 21.8. The Bertz CT molecular complexity index is 1200. The zero-order valence-electron chi connectivity index (χ0n) is 17.2. The molecule has 156 valence electrons. The van der Waals surface area contributed by atoms with Gasteiger partial charge in [-0.2, -0.15) is 0 Å². The smallest absolute Gasteiger partial charge is 0.234 e. The molecule has 4 aromatic rings. The first-order valence-electron chi connectivity index (χ1n) is 9.77. The Balaban J connectivity index is 1.60. The van der Waals surface area contributed by atoms with Gasteiger partial charge in [0, 0.05) is 22.0 Å². The second kappa shape index (κ2) is 9.37. The fraction of sp³-hybridized carbons (Fsp3) is 0.125. The summed E-state index contributed by atoms with van der Waals surface area (Å²) in [5.41, 5.74) is 4.86. The molecule has 1 aromatic heterocycles. The summed E-state index contributed by atoms with van der Waals surface area (Å²) in [6, 6.07) is 23.3. The monoisotopic (exact) mass is 448 g/mol. The van der Waals surface area contributed by atoms with Gasteiger partial charge in [0.1, 0.15) is 0 Å². The molecule has 0 aliphatic rings. The molecule has 5 nitrogen and oxygen atoms in total. The van der Waals surface area contributed by atoms with Crippen molar-refractivity contribution in [2.75, 3.05) is 11.1 Å². The van der Waals surface area contributed by atoms with E-state index in [1.807, 2.05) is 91.2 Å². The fourth-order valence-electron chi connectivity index (χ4n) is 3.07. The first kappa shape index (κ1) is 21.2. The number of carbonyl (C=O) groups is 1. The van der Waals surface area contributed by atoms with Gasteiger partial charge in [-0.3, -0.25) is 9.36 Å². The van der Waals surface area contributed by atoms with E-state index in [9.17, 15) is 4.79 Å². The van der Waals surface area contributed by atoms with Crippen LogP contribution in [0.25, 0.3) is 17.1 Å². The molecule has 1 N–H and O–H groups in total. The minimum absolute atomic E-state index is 0.100. The Morgan fingerprint density at radius 3 is 2.32 bits per heavy atom. The van der Waals surface area contributed by atoms with Gasteiger partial charge in [0.25, 0.3) is 0 Å². The van der Waals surface area contributed by atoms with E-state index in [4.69, 9.17) is 11.6 Å². The summed E-state index contributed by atoms with van der Waals surface area (Å²) in [4.78, 5) is 12.5. The highest BCUT2D eigenvalue weighted by Crippen LogP contribution is 2.29. The second-order valence-corrected chi connectivity index (χ2v) is 8.57. The number of hydrogen-bond donors (Lipinski definition) is 1. The molecule has 0 spiro atoms. The molecule has 0 unspecified atom stereocenters. The number of aromatic nitrogens is 3. The number of hydrogen-bond acceptors (Lipinski definition) is 4. The van der Waals surface area contributed by atoms with Crippen LogP contribution in [0.1, 0.15) is 11.1 Å². The fourth-order valence-corrected chi connectivity index (χ4v) is 4.01. The van der Waals surface area contributed by atoms with Gasteiger partial charge >= 0.3 is 0 Å². The van der Waals surface area contributed by atoms with Crippen molar-refractivity contribution in [3.8, 4) is 17.1 Å². The summed E-state index contributed by atoms with van der Waals surface area (Å²) < 4.78 is 1.95. The molecule has 4 rings (SSSR count). The molecule has 0 aliphatic heterocycles. The molecule has 1 heterocycles. The van der Waals surface area contributed by atoms with Gasteiger partial charge in [-0.1, -0.05) is 70.9 Å². The number of halogens is 1. The number of aryl methyl sites for hydroxylation is 2. The molecule has 3 aromatic carbocycles. The Morgan fingerprint density at radius 1 is 0.968 bits per heavy atom. The molecular formula is C24H21ClN4OS. The highest BCUT2D eigenvalue weighted by Gasteiger charge is 2.17. The van der Waals surface area contributed by atoms with E-state index in [1.54, 1.807) is 0 Å². The van der Waals surface area contributed by atoms with Crippen LogP contribution < -0.4 is 5.32 Å². The van der Waals surface area contributed by atoms with Gasteiger partial charge in [-0.25, -0.2) is 0 Å². The summed E-state index contributed by atoms with van der Waals surface area (Å²) in [6.45, 7) is 4.05. The highest BCUT2D eigenvalue weighted by atomic mass is 35.5. The molecule has 0 atom stereocenters. The lowest BCUT2D eigenvalue weighted by Crippen LogP contribution is -2.14. The molecule has 0 radical (unpaired) electrons. The quantitative estimate of drug-likeness (QED) is 0.371. The van der Waals surface area contributed by atoms with Gasteiger partial charge in [0.2, 0.25) is 5.91 Å². The molecule has 0 saturated heterocycles. The first-order chi connectivity index (χ1) is 15.0. The first-order valence-corrected chi connectivity index (χ1v) is 11.1. The van der Waals surface area contributed by atoms with Crippen LogP contribution in [0.3, 0.4) is 0 Å². The lowest BCUT2D eigenvalue weighted by Gasteiger charge is -2.11. The molecule has 0 bridgehead atoms. The predicted molar refractivity (Wildman–Crippen MR) is 127 cm³/mol. The Labute approximate surface area is 190 Å². The second-order valence-electron chi connectivity index (χ2n) is 7.19. The largest absolute Gasteiger partial charge is 0.325 e. The number of anilines is 1. The molecule has 1 amide bonds. The van der Waals surface area contributed by atoms with Crippen LogP contribution in [0.15, 0.2) is 78.0 Å². The van der Waals surface area contributed by atoms with E-state index in [0.717, 1.165) is 28.1 Å². The summed E-state index contributed by atoms with van der Waals surface area (Å²) >= 11 is 7.54. The normalized spacial score (nSPS) is 10.8. The zero-order valence-corrected chi connectivity index (χ0v) is 18.7. The molecule has 0 fully saturated rings. The van der Waals surface area contributed by atoms with Crippen molar-refractivity contribution in [2.24, 2.45) is 0 Å². The van der Waals surface area contributed by atoms with E-state index in [0.29, 0.717) is 16.0 Å². The maximum absolute atomic E-state index is 12.5. The lowest BCUT2D eigenvalue weighted by atomic mass is 10.2. The number of nitrogens with one attached hydrogen (secondary N) is 1. The van der Waals surface area contributed by atoms with Gasteiger partial charge in [0.15, 0.2) is 11.0 Å². The third-order valence-corrected chi connectivity index (χ3v) is 5.84. The molecule has 0 saturated carbocycles. The van der Waals surface area contributed by atoms with Crippen molar-refractivity contribution >= 4 is 35.0 Å². The van der Waals surface area contributed by atoms with Crippen molar-refractivity contribution in [1.29, 1.82) is 0 Å². The number of nitrogens with zero attached hydrogens (tertiary/aromatic N) is 3. The van der Waals surface area contributed by atoms with E-state index in [-0.39, 0.29) is 11.7 Å². The van der Waals surface area contributed by atoms with Crippen molar-refractivity contribution < 1.29 is 4.79 Å². The van der Waals surface area contributed by atoms with E-state index in [2.05, 4.69) is 15.5 Å². The molecule has 0 aliphatic carbocycles. The average molecular weight is 449 g/mol. The molecule has 31 heavy (non-hydrogen) atoms. The van der Waals surface area contributed by atoms with Crippen molar-refractivity contribution in [2.45, 2.75) is 19.0 Å². The molecular weight excluding hydrogens is 428 g/mol. The van der Waals surface area contributed by atoms with Crippen LogP contribution in [0.4, 0.5) is 5.69 Å². The maximum atomic E-state index is 12.5. The minimum atomic E-state index is -0.100. The van der Waals surface area contributed by atoms with Crippen LogP contribution in [-0.4, -0.2) is 26.4 Å².